The molecule has 0 saturated heterocycles. The predicted octanol–water partition coefficient (Wildman–Crippen LogP) is 5.09. The van der Waals surface area contributed by atoms with Gasteiger partial charge in [0, 0.05) is 12.1 Å². The lowest BCUT2D eigenvalue weighted by molar-refractivity contribution is 0.230. The summed E-state index contributed by atoms with van der Waals surface area (Å²) in [5, 5.41) is 3.47. The number of unbranched alkanes of at least 4 members (excludes halogenated alkanes) is 1. The number of ether oxygens (including phenoxy) is 1. The van der Waals surface area contributed by atoms with E-state index in [1.165, 1.54) is 36.8 Å². The van der Waals surface area contributed by atoms with Crippen LogP contribution in [-0.4, -0.2) is 13.2 Å². The fraction of sp³-hybridized carbons (Fsp3) is 0.684. The summed E-state index contributed by atoms with van der Waals surface area (Å²) in [6.07, 6.45) is 6.22. The normalized spacial score (nSPS) is 12.4. The van der Waals surface area contributed by atoms with Crippen LogP contribution in [0.4, 0.5) is 0 Å². The molecule has 1 atom stereocenters. The van der Waals surface area contributed by atoms with Gasteiger partial charge in [0.2, 0.25) is 0 Å². The first-order valence-corrected chi connectivity index (χ1v) is 8.64. The first-order chi connectivity index (χ1) is 10.2. The minimum Gasteiger partial charge on any atom is -0.493 e. The number of hydrogen-bond donors (Lipinski definition) is 1. The Morgan fingerprint density at radius 2 is 1.95 bits per heavy atom. The van der Waals surface area contributed by atoms with Gasteiger partial charge >= 0.3 is 0 Å². The fourth-order valence-corrected chi connectivity index (χ4v) is 2.56. The molecule has 2 nitrogen and oxygen atoms in total. The molecule has 0 saturated carbocycles. The van der Waals surface area contributed by atoms with Gasteiger partial charge in [0.15, 0.2) is 0 Å². The molecule has 1 rings (SSSR count). The number of rotatable bonds is 11. The zero-order valence-electron chi connectivity index (χ0n) is 14.4. The molecular formula is C19H33NO. The Morgan fingerprint density at radius 3 is 2.62 bits per heavy atom. The van der Waals surface area contributed by atoms with Gasteiger partial charge in [-0.1, -0.05) is 58.2 Å². The van der Waals surface area contributed by atoms with Crippen molar-refractivity contribution in [1.29, 1.82) is 0 Å². The standard InChI is InChI=1S/C19H33NO/c1-5-8-11-17(7-3)15-21-19-16(4)10-9-12-18(19)14-20-13-6-2/h9-10,12,17,20H,5-8,11,13-15H2,1-4H3. The molecule has 0 heterocycles. The maximum Gasteiger partial charge on any atom is 0.126 e. The van der Waals surface area contributed by atoms with Crippen LogP contribution in [0.5, 0.6) is 5.75 Å². The Balaban J connectivity index is 2.63. The average Bonchev–Trinajstić information content (AvgIpc) is 2.49. The third-order valence-electron chi connectivity index (χ3n) is 4.04. The second-order valence-electron chi connectivity index (χ2n) is 5.97. The Labute approximate surface area is 131 Å². The van der Waals surface area contributed by atoms with Gasteiger partial charge in [-0.25, -0.2) is 0 Å². The molecule has 1 unspecified atom stereocenters. The quantitative estimate of drug-likeness (QED) is 0.573. The fourth-order valence-electron chi connectivity index (χ4n) is 2.56. The zero-order chi connectivity index (χ0) is 15.5. The Bertz CT molecular complexity index is 389. The van der Waals surface area contributed by atoms with Crippen molar-refractivity contribution in [3.8, 4) is 5.75 Å². The number of benzene rings is 1. The maximum absolute atomic E-state index is 6.21. The molecule has 1 N–H and O–H groups in total. The lowest BCUT2D eigenvalue weighted by Crippen LogP contribution is -2.17. The molecule has 0 aliphatic carbocycles. The molecule has 120 valence electrons. The highest BCUT2D eigenvalue weighted by Crippen LogP contribution is 2.25. The van der Waals surface area contributed by atoms with E-state index in [1.54, 1.807) is 0 Å². The van der Waals surface area contributed by atoms with Crippen LogP contribution in [0.2, 0.25) is 0 Å². The highest BCUT2D eigenvalue weighted by molar-refractivity contribution is 5.40. The average molecular weight is 291 g/mol. The van der Waals surface area contributed by atoms with Gasteiger partial charge < -0.3 is 10.1 Å². The molecule has 0 aliphatic heterocycles. The van der Waals surface area contributed by atoms with Gasteiger partial charge in [0.1, 0.15) is 5.75 Å². The van der Waals surface area contributed by atoms with Crippen LogP contribution in [0.15, 0.2) is 18.2 Å². The Morgan fingerprint density at radius 1 is 1.14 bits per heavy atom. The van der Waals surface area contributed by atoms with Gasteiger partial charge in [0.25, 0.3) is 0 Å². The van der Waals surface area contributed by atoms with Crippen LogP contribution in [-0.2, 0) is 6.54 Å². The largest absolute Gasteiger partial charge is 0.493 e. The van der Waals surface area contributed by atoms with E-state index in [0.29, 0.717) is 5.92 Å². The minimum absolute atomic E-state index is 0.681. The van der Waals surface area contributed by atoms with Gasteiger partial charge in [0.05, 0.1) is 6.61 Å². The molecule has 0 amide bonds. The lowest BCUT2D eigenvalue weighted by Gasteiger charge is -2.19. The summed E-state index contributed by atoms with van der Waals surface area (Å²) in [4.78, 5) is 0. The van der Waals surface area contributed by atoms with E-state index in [9.17, 15) is 0 Å². The van der Waals surface area contributed by atoms with Crippen LogP contribution < -0.4 is 10.1 Å². The SMILES string of the molecule is CCCCC(CC)COc1c(C)cccc1CNCCC. The molecule has 1 aromatic carbocycles. The van der Waals surface area contributed by atoms with E-state index < -0.39 is 0 Å². The molecule has 0 spiro atoms. The molecule has 0 radical (unpaired) electrons. The molecule has 0 bridgehead atoms. The van der Waals surface area contributed by atoms with Crippen LogP contribution in [0.25, 0.3) is 0 Å². The highest BCUT2D eigenvalue weighted by Gasteiger charge is 2.11. The smallest absolute Gasteiger partial charge is 0.126 e. The third kappa shape index (κ3) is 6.52. The first-order valence-electron chi connectivity index (χ1n) is 8.64. The summed E-state index contributed by atoms with van der Waals surface area (Å²) in [7, 11) is 0. The van der Waals surface area contributed by atoms with Gasteiger partial charge in [-0.15, -0.1) is 0 Å². The molecule has 0 aromatic heterocycles. The van der Waals surface area contributed by atoms with Crippen LogP contribution in [0.3, 0.4) is 0 Å². The summed E-state index contributed by atoms with van der Waals surface area (Å²) in [6.45, 7) is 11.7. The highest BCUT2D eigenvalue weighted by atomic mass is 16.5. The Kier molecular flexibility index (Phi) is 9.16. The Hall–Kier alpha value is -1.02. The maximum atomic E-state index is 6.21. The summed E-state index contributed by atoms with van der Waals surface area (Å²) >= 11 is 0. The second kappa shape index (κ2) is 10.7. The van der Waals surface area contributed by atoms with E-state index in [-0.39, 0.29) is 0 Å². The van der Waals surface area contributed by atoms with Crippen molar-refractivity contribution in [2.75, 3.05) is 13.2 Å². The summed E-state index contributed by atoms with van der Waals surface area (Å²) in [5.41, 5.74) is 2.53. The van der Waals surface area contributed by atoms with Crippen LogP contribution in [0, 0.1) is 12.8 Å². The number of aryl methyl sites for hydroxylation is 1. The van der Waals surface area contributed by atoms with E-state index in [0.717, 1.165) is 31.9 Å². The minimum atomic E-state index is 0.681. The van der Waals surface area contributed by atoms with Gasteiger partial charge in [-0.2, -0.15) is 0 Å². The van der Waals surface area contributed by atoms with Crippen molar-refractivity contribution in [1.82, 2.24) is 5.32 Å². The first kappa shape index (κ1) is 18.0. The molecule has 0 aliphatic rings. The summed E-state index contributed by atoms with van der Waals surface area (Å²) < 4.78 is 6.21. The van der Waals surface area contributed by atoms with Crippen molar-refractivity contribution in [2.45, 2.75) is 66.3 Å². The summed E-state index contributed by atoms with van der Waals surface area (Å²) in [6, 6.07) is 6.45. The van der Waals surface area contributed by atoms with Crippen LogP contribution >= 0.6 is 0 Å². The van der Waals surface area contributed by atoms with Crippen molar-refractivity contribution in [3.63, 3.8) is 0 Å². The number of nitrogens with one attached hydrogen (secondary N) is 1. The van der Waals surface area contributed by atoms with Gasteiger partial charge in [-0.05, 0) is 37.8 Å². The molecular weight excluding hydrogens is 258 g/mol. The molecule has 2 heteroatoms. The van der Waals surface area contributed by atoms with Crippen LogP contribution in [0.1, 0.15) is 64.0 Å². The molecule has 0 fully saturated rings. The lowest BCUT2D eigenvalue weighted by atomic mass is 10.0. The monoisotopic (exact) mass is 291 g/mol. The predicted molar refractivity (Wildman–Crippen MR) is 92.0 cm³/mol. The van der Waals surface area contributed by atoms with Crippen molar-refractivity contribution >= 4 is 0 Å². The van der Waals surface area contributed by atoms with Crippen molar-refractivity contribution in [3.05, 3.63) is 29.3 Å². The topological polar surface area (TPSA) is 21.3 Å². The summed E-state index contributed by atoms with van der Waals surface area (Å²) in [5.74, 6) is 1.78. The third-order valence-corrected chi connectivity index (χ3v) is 4.04. The van der Waals surface area contributed by atoms with E-state index >= 15 is 0 Å². The number of hydrogen-bond acceptors (Lipinski definition) is 2. The van der Waals surface area contributed by atoms with Crippen molar-refractivity contribution in [2.24, 2.45) is 5.92 Å². The van der Waals surface area contributed by atoms with E-state index in [4.69, 9.17) is 4.74 Å². The van der Waals surface area contributed by atoms with E-state index in [2.05, 4.69) is 51.2 Å². The van der Waals surface area contributed by atoms with E-state index in [1.807, 2.05) is 0 Å². The second-order valence-corrected chi connectivity index (χ2v) is 5.97. The number of para-hydroxylation sites is 1. The molecule has 1 aromatic rings. The van der Waals surface area contributed by atoms with Crippen molar-refractivity contribution < 1.29 is 4.74 Å². The zero-order valence-corrected chi connectivity index (χ0v) is 14.4. The van der Waals surface area contributed by atoms with Gasteiger partial charge in [-0.3, -0.25) is 0 Å². The molecule has 21 heavy (non-hydrogen) atoms.